The summed E-state index contributed by atoms with van der Waals surface area (Å²) in [6, 6.07) is 8.65. The lowest BCUT2D eigenvalue weighted by Crippen LogP contribution is -2.46. The molecule has 0 radical (unpaired) electrons. The van der Waals surface area contributed by atoms with Gasteiger partial charge in [0.1, 0.15) is 6.04 Å². The first-order chi connectivity index (χ1) is 12.1. The molecule has 7 nitrogen and oxygen atoms in total. The fourth-order valence-corrected chi connectivity index (χ4v) is 4.17. The number of carbonyl (C=O) groups excluding carboxylic acids is 1. The van der Waals surface area contributed by atoms with Gasteiger partial charge in [0, 0.05) is 6.04 Å². The lowest BCUT2D eigenvalue weighted by Gasteiger charge is -2.32. The number of aliphatic carboxylic acids is 1. The SMILES string of the molecule is O=C(O)[C@@H]1C[C@@H]2CCCC[C@@H]2N1C(=O)c1cn(-c2ccccc2)nn1. The summed E-state index contributed by atoms with van der Waals surface area (Å²) in [6.45, 7) is 0. The Labute approximate surface area is 145 Å². The standard InChI is InChI=1S/C18H20N4O3/c23-17(14-11-21(20-19-14)13-7-2-1-3-8-13)22-15-9-5-4-6-12(15)10-16(22)18(24)25/h1-3,7-8,11-12,15-16H,4-6,9-10H2,(H,24,25)/t12-,15-,16-/m0/s1. The van der Waals surface area contributed by atoms with Crippen LogP contribution in [-0.2, 0) is 4.79 Å². The Morgan fingerprint density at radius 3 is 2.64 bits per heavy atom. The predicted molar refractivity (Wildman–Crippen MR) is 89.3 cm³/mol. The molecule has 2 aliphatic rings. The van der Waals surface area contributed by atoms with Gasteiger partial charge in [-0.15, -0.1) is 5.10 Å². The van der Waals surface area contributed by atoms with Gasteiger partial charge in [0.15, 0.2) is 5.69 Å². The number of nitrogens with zero attached hydrogens (tertiary/aromatic N) is 4. The lowest BCUT2D eigenvalue weighted by molar-refractivity contribution is -0.141. The van der Waals surface area contributed by atoms with E-state index in [1.165, 1.54) is 4.68 Å². The molecule has 2 heterocycles. The monoisotopic (exact) mass is 340 g/mol. The molecule has 1 aromatic carbocycles. The van der Waals surface area contributed by atoms with Crippen LogP contribution in [0.2, 0.25) is 0 Å². The van der Waals surface area contributed by atoms with Crippen molar-refractivity contribution in [2.75, 3.05) is 0 Å². The average molecular weight is 340 g/mol. The first-order valence-electron chi connectivity index (χ1n) is 8.68. The molecule has 1 saturated carbocycles. The zero-order valence-electron chi connectivity index (χ0n) is 13.8. The van der Waals surface area contributed by atoms with Gasteiger partial charge >= 0.3 is 5.97 Å². The molecular weight excluding hydrogens is 320 g/mol. The maximum Gasteiger partial charge on any atom is 0.326 e. The third-order valence-electron chi connectivity index (χ3n) is 5.34. The van der Waals surface area contributed by atoms with Crippen LogP contribution in [0.25, 0.3) is 5.69 Å². The number of carboxylic acid groups (broad SMARTS) is 1. The number of fused-ring (bicyclic) bond motifs is 1. The Morgan fingerprint density at radius 2 is 1.88 bits per heavy atom. The summed E-state index contributed by atoms with van der Waals surface area (Å²) in [6.07, 6.45) is 6.13. The van der Waals surface area contributed by atoms with Crippen LogP contribution < -0.4 is 0 Å². The molecule has 7 heteroatoms. The Balaban J connectivity index is 1.63. The Kier molecular flexibility index (Phi) is 3.99. The molecule has 2 fully saturated rings. The van der Waals surface area contributed by atoms with Crippen molar-refractivity contribution in [3.8, 4) is 5.69 Å². The largest absolute Gasteiger partial charge is 0.480 e. The zero-order chi connectivity index (χ0) is 17.4. The molecule has 1 amide bonds. The summed E-state index contributed by atoms with van der Waals surface area (Å²) in [5.74, 6) is -0.981. The van der Waals surface area contributed by atoms with Crippen LogP contribution in [0, 0.1) is 5.92 Å². The molecule has 1 aromatic heterocycles. The molecule has 1 N–H and O–H groups in total. The minimum Gasteiger partial charge on any atom is -0.480 e. The quantitative estimate of drug-likeness (QED) is 0.924. The summed E-state index contributed by atoms with van der Waals surface area (Å²) in [5, 5.41) is 17.6. The second kappa shape index (κ2) is 6.31. The van der Waals surface area contributed by atoms with E-state index in [9.17, 15) is 14.7 Å². The number of hydrogen-bond acceptors (Lipinski definition) is 4. The van der Waals surface area contributed by atoms with E-state index in [0.29, 0.717) is 6.42 Å². The van der Waals surface area contributed by atoms with E-state index in [4.69, 9.17) is 0 Å². The van der Waals surface area contributed by atoms with Crippen LogP contribution in [0.3, 0.4) is 0 Å². The second-order valence-corrected chi connectivity index (χ2v) is 6.80. The normalized spacial score (nSPS) is 25.6. The highest BCUT2D eigenvalue weighted by molar-refractivity contribution is 5.95. The first kappa shape index (κ1) is 15.8. The highest BCUT2D eigenvalue weighted by Crippen LogP contribution is 2.40. The van der Waals surface area contributed by atoms with Crippen molar-refractivity contribution in [1.82, 2.24) is 19.9 Å². The van der Waals surface area contributed by atoms with E-state index in [2.05, 4.69) is 10.3 Å². The number of para-hydroxylation sites is 1. The van der Waals surface area contributed by atoms with Crippen molar-refractivity contribution in [3.63, 3.8) is 0 Å². The summed E-state index contributed by atoms with van der Waals surface area (Å²) in [7, 11) is 0. The molecule has 130 valence electrons. The van der Waals surface area contributed by atoms with Gasteiger partial charge < -0.3 is 10.0 Å². The number of carboxylic acids is 1. The molecule has 25 heavy (non-hydrogen) atoms. The summed E-state index contributed by atoms with van der Waals surface area (Å²) in [5.41, 5.74) is 1.00. The number of aromatic nitrogens is 3. The maximum absolute atomic E-state index is 13.0. The lowest BCUT2D eigenvalue weighted by atomic mass is 9.84. The van der Waals surface area contributed by atoms with Crippen molar-refractivity contribution in [2.45, 2.75) is 44.2 Å². The van der Waals surface area contributed by atoms with Crippen LogP contribution in [0.1, 0.15) is 42.6 Å². The minimum atomic E-state index is -0.932. The topological polar surface area (TPSA) is 88.3 Å². The third kappa shape index (κ3) is 2.79. The molecule has 2 aromatic rings. The van der Waals surface area contributed by atoms with Crippen LogP contribution in [0.5, 0.6) is 0 Å². The summed E-state index contributed by atoms with van der Waals surface area (Å²) in [4.78, 5) is 26.2. The summed E-state index contributed by atoms with van der Waals surface area (Å²) >= 11 is 0. The van der Waals surface area contributed by atoms with E-state index in [0.717, 1.165) is 31.4 Å². The number of carbonyl (C=O) groups is 2. The highest BCUT2D eigenvalue weighted by Gasteiger charge is 2.48. The molecular formula is C18H20N4O3. The molecule has 4 rings (SSSR count). The Bertz CT molecular complexity index is 789. The van der Waals surface area contributed by atoms with Gasteiger partial charge in [-0.2, -0.15) is 0 Å². The van der Waals surface area contributed by atoms with Gasteiger partial charge in [0.05, 0.1) is 11.9 Å². The van der Waals surface area contributed by atoms with Gasteiger partial charge in [-0.3, -0.25) is 4.79 Å². The number of hydrogen-bond donors (Lipinski definition) is 1. The number of likely N-dealkylation sites (tertiary alicyclic amines) is 1. The fraction of sp³-hybridized carbons (Fsp3) is 0.444. The zero-order valence-corrected chi connectivity index (χ0v) is 13.8. The number of rotatable bonds is 3. The molecule has 1 aliphatic heterocycles. The van der Waals surface area contributed by atoms with Gasteiger partial charge in [-0.05, 0) is 37.3 Å². The second-order valence-electron chi connectivity index (χ2n) is 6.80. The third-order valence-corrected chi connectivity index (χ3v) is 5.34. The predicted octanol–water partition coefficient (Wildman–Crippen LogP) is 2.13. The van der Waals surface area contributed by atoms with Crippen LogP contribution in [-0.4, -0.2) is 49.0 Å². The van der Waals surface area contributed by atoms with Gasteiger partial charge in [-0.1, -0.05) is 36.3 Å². The van der Waals surface area contributed by atoms with Crippen LogP contribution in [0.4, 0.5) is 0 Å². The first-order valence-corrected chi connectivity index (χ1v) is 8.68. The van der Waals surface area contributed by atoms with E-state index < -0.39 is 12.0 Å². The molecule has 0 unspecified atom stereocenters. The Morgan fingerprint density at radius 1 is 1.12 bits per heavy atom. The van der Waals surface area contributed by atoms with Crippen molar-refractivity contribution in [2.24, 2.45) is 5.92 Å². The van der Waals surface area contributed by atoms with Crippen molar-refractivity contribution in [1.29, 1.82) is 0 Å². The van der Waals surface area contributed by atoms with Crippen molar-refractivity contribution in [3.05, 3.63) is 42.2 Å². The molecule has 1 aliphatic carbocycles. The molecule has 1 saturated heterocycles. The van der Waals surface area contributed by atoms with Gasteiger partial charge in [0.2, 0.25) is 0 Å². The molecule has 0 spiro atoms. The minimum absolute atomic E-state index is 0.00391. The number of benzene rings is 1. The maximum atomic E-state index is 13.0. The van der Waals surface area contributed by atoms with Crippen molar-refractivity contribution < 1.29 is 14.7 Å². The Hall–Kier alpha value is -2.70. The highest BCUT2D eigenvalue weighted by atomic mass is 16.4. The fourth-order valence-electron chi connectivity index (χ4n) is 4.17. The number of amides is 1. The van der Waals surface area contributed by atoms with E-state index in [1.807, 2.05) is 30.3 Å². The van der Waals surface area contributed by atoms with Gasteiger partial charge in [0.25, 0.3) is 5.91 Å². The van der Waals surface area contributed by atoms with E-state index >= 15 is 0 Å². The van der Waals surface area contributed by atoms with Crippen LogP contribution >= 0.6 is 0 Å². The van der Waals surface area contributed by atoms with E-state index in [-0.39, 0.29) is 23.6 Å². The van der Waals surface area contributed by atoms with E-state index in [1.54, 1.807) is 11.1 Å². The molecule has 3 atom stereocenters. The molecule has 0 bridgehead atoms. The summed E-state index contributed by atoms with van der Waals surface area (Å²) < 4.78 is 1.54. The van der Waals surface area contributed by atoms with Crippen LogP contribution in [0.15, 0.2) is 36.5 Å². The van der Waals surface area contributed by atoms with Crippen molar-refractivity contribution >= 4 is 11.9 Å². The average Bonchev–Trinajstić information content (AvgIpc) is 3.27. The smallest absolute Gasteiger partial charge is 0.326 e. The van der Waals surface area contributed by atoms with Gasteiger partial charge in [-0.25, -0.2) is 9.48 Å².